The normalized spacial score (nSPS) is 16.8. The predicted molar refractivity (Wildman–Crippen MR) is 92.6 cm³/mol. The van der Waals surface area contributed by atoms with E-state index in [4.69, 9.17) is 9.47 Å². The van der Waals surface area contributed by atoms with Crippen molar-refractivity contribution in [3.05, 3.63) is 53.7 Å². The summed E-state index contributed by atoms with van der Waals surface area (Å²) in [6.45, 7) is 5.86. The number of benzene rings is 1. The summed E-state index contributed by atoms with van der Waals surface area (Å²) in [6.07, 6.45) is 2.48. The average Bonchev–Trinajstić information content (AvgIpc) is 3.10. The number of amides is 1. The van der Waals surface area contributed by atoms with Gasteiger partial charge in [0.25, 0.3) is 5.91 Å². The molecule has 2 heterocycles. The van der Waals surface area contributed by atoms with E-state index < -0.39 is 0 Å². The smallest absolute Gasteiger partial charge is 0.258 e. The molecule has 5 nitrogen and oxygen atoms in total. The van der Waals surface area contributed by atoms with E-state index in [1.165, 1.54) is 0 Å². The minimum absolute atomic E-state index is 0.0153. The van der Waals surface area contributed by atoms with Gasteiger partial charge in [0.1, 0.15) is 6.10 Å². The lowest BCUT2D eigenvalue weighted by Crippen LogP contribution is -2.31. The van der Waals surface area contributed by atoms with Crippen LogP contribution in [0.5, 0.6) is 5.88 Å². The Morgan fingerprint density at radius 3 is 2.92 bits per heavy atom. The fourth-order valence-electron chi connectivity index (χ4n) is 2.83. The number of hydrogen-bond donors (Lipinski definition) is 0. The third kappa shape index (κ3) is 3.57. The summed E-state index contributed by atoms with van der Waals surface area (Å²) in [5.41, 5.74) is 2.57. The van der Waals surface area contributed by atoms with Crippen LogP contribution in [0.3, 0.4) is 0 Å². The number of aryl methyl sites for hydroxylation is 1. The fourth-order valence-corrected chi connectivity index (χ4v) is 2.83. The van der Waals surface area contributed by atoms with Crippen molar-refractivity contribution in [2.45, 2.75) is 26.4 Å². The molecule has 1 saturated heterocycles. The van der Waals surface area contributed by atoms with Crippen LogP contribution in [0.15, 0.2) is 42.6 Å². The Hall–Kier alpha value is -2.40. The van der Waals surface area contributed by atoms with Crippen molar-refractivity contribution >= 4 is 11.6 Å². The maximum absolute atomic E-state index is 12.9. The summed E-state index contributed by atoms with van der Waals surface area (Å²) >= 11 is 0. The monoisotopic (exact) mass is 326 g/mol. The van der Waals surface area contributed by atoms with Gasteiger partial charge in [0.15, 0.2) is 0 Å². The van der Waals surface area contributed by atoms with E-state index in [-0.39, 0.29) is 12.0 Å². The number of anilines is 1. The van der Waals surface area contributed by atoms with Crippen molar-refractivity contribution in [1.29, 1.82) is 0 Å². The van der Waals surface area contributed by atoms with Crippen molar-refractivity contribution in [3.63, 3.8) is 0 Å². The van der Waals surface area contributed by atoms with Gasteiger partial charge in [-0.3, -0.25) is 4.79 Å². The minimum atomic E-state index is -0.0540. The number of hydrogen-bond acceptors (Lipinski definition) is 4. The molecule has 2 aromatic rings. The highest BCUT2D eigenvalue weighted by atomic mass is 16.5. The van der Waals surface area contributed by atoms with Gasteiger partial charge in [-0.25, -0.2) is 4.98 Å². The lowest BCUT2D eigenvalue weighted by molar-refractivity contribution is 0.0986. The molecule has 1 aliphatic heterocycles. The Kier molecular flexibility index (Phi) is 5.11. The van der Waals surface area contributed by atoms with Crippen molar-refractivity contribution in [3.8, 4) is 5.88 Å². The zero-order valence-corrected chi connectivity index (χ0v) is 14.1. The first-order chi connectivity index (χ1) is 11.7. The van der Waals surface area contributed by atoms with Crippen LogP contribution >= 0.6 is 0 Å². The van der Waals surface area contributed by atoms with Crippen LogP contribution in [0, 0.1) is 6.92 Å². The van der Waals surface area contributed by atoms with E-state index in [1.807, 2.05) is 38.1 Å². The molecule has 5 heteroatoms. The molecule has 0 spiro atoms. The summed E-state index contributed by atoms with van der Waals surface area (Å²) in [5, 5.41) is 0. The Labute approximate surface area is 142 Å². The maximum atomic E-state index is 12.9. The molecular formula is C19H22N2O3. The molecule has 1 atom stereocenters. The van der Waals surface area contributed by atoms with Gasteiger partial charge in [0.05, 0.1) is 13.2 Å². The lowest BCUT2D eigenvalue weighted by atomic mass is 10.1. The van der Waals surface area contributed by atoms with Crippen molar-refractivity contribution in [2.75, 3.05) is 24.7 Å². The first-order valence-corrected chi connectivity index (χ1v) is 8.27. The van der Waals surface area contributed by atoms with E-state index in [9.17, 15) is 4.79 Å². The highest BCUT2D eigenvalue weighted by Gasteiger charge is 2.21. The van der Waals surface area contributed by atoms with E-state index in [2.05, 4.69) is 4.98 Å². The van der Waals surface area contributed by atoms with Crippen molar-refractivity contribution in [2.24, 2.45) is 0 Å². The molecule has 1 aromatic heterocycles. The first kappa shape index (κ1) is 16.5. The van der Waals surface area contributed by atoms with Gasteiger partial charge in [-0.05, 0) is 31.5 Å². The number of aromatic nitrogens is 1. The largest absolute Gasteiger partial charge is 0.472 e. The third-order valence-electron chi connectivity index (χ3n) is 4.12. The molecule has 3 rings (SSSR count). The Morgan fingerprint density at radius 2 is 2.21 bits per heavy atom. The molecular weight excluding hydrogens is 304 g/mol. The van der Waals surface area contributed by atoms with E-state index in [1.54, 1.807) is 23.2 Å². The molecule has 1 amide bonds. The predicted octanol–water partition coefficient (Wildman–Crippen LogP) is 3.22. The SMILES string of the molecule is CCN(C(=O)c1ccnc(O[C@@H]2CCOC2)c1)c1ccccc1C. The molecule has 0 bridgehead atoms. The average molecular weight is 326 g/mol. The number of nitrogens with zero attached hydrogens (tertiary/aromatic N) is 2. The van der Waals surface area contributed by atoms with E-state index >= 15 is 0 Å². The quantitative estimate of drug-likeness (QED) is 0.846. The van der Waals surface area contributed by atoms with Crippen LogP contribution in [0.4, 0.5) is 5.69 Å². The number of carbonyl (C=O) groups is 1. The highest BCUT2D eigenvalue weighted by molar-refractivity contribution is 6.06. The van der Waals surface area contributed by atoms with Crippen molar-refractivity contribution < 1.29 is 14.3 Å². The molecule has 126 valence electrons. The molecule has 1 fully saturated rings. The Bertz CT molecular complexity index is 711. The summed E-state index contributed by atoms with van der Waals surface area (Å²) < 4.78 is 11.1. The number of pyridine rings is 1. The van der Waals surface area contributed by atoms with Gasteiger partial charge >= 0.3 is 0 Å². The first-order valence-electron chi connectivity index (χ1n) is 8.27. The van der Waals surface area contributed by atoms with Crippen LogP contribution in [0.1, 0.15) is 29.3 Å². The second-order valence-electron chi connectivity index (χ2n) is 5.82. The van der Waals surface area contributed by atoms with Crippen molar-refractivity contribution in [1.82, 2.24) is 4.98 Å². The molecule has 0 aliphatic carbocycles. The molecule has 0 radical (unpaired) electrons. The van der Waals surface area contributed by atoms with Crippen LogP contribution < -0.4 is 9.64 Å². The fraction of sp³-hybridized carbons (Fsp3) is 0.368. The van der Waals surface area contributed by atoms with Crippen LogP contribution in [-0.4, -0.2) is 36.8 Å². The zero-order valence-electron chi connectivity index (χ0n) is 14.1. The van der Waals surface area contributed by atoms with E-state index in [0.29, 0.717) is 31.2 Å². The number of ether oxygens (including phenoxy) is 2. The third-order valence-corrected chi connectivity index (χ3v) is 4.12. The van der Waals surface area contributed by atoms with Crippen LogP contribution in [-0.2, 0) is 4.74 Å². The standard InChI is InChI=1S/C19H22N2O3/c1-3-21(17-7-5-4-6-14(17)2)19(22)15-8-10-20-18(12-15)24-16-9-11-23-13-16/h4-8,10,12,16H,3,9,11,13H2,1-2H3/t16-/m1/s1. The molecule has 1 aromatic carbocycles. The summed E-state index contributed by atoms with van der Waals surface area (Å²) in [5.74, 6) is 0.416. The molecule has 24 heavy (non-hydrogen) atoms. The Morgan fingerprint density at radius 1 is 1.38 bits per heavy atom. The Balaban J connectivity index is 1.81. The summed E-state index contributed by atoms with van der Waals surface area (Å²) in [4.78, 5) is 18.9. The number of rotatable bonds is 5. The van der Waals surface area contributed by atoms with Gasteiger partial charge in [-0.2, -0.15) is 0 Å². The molecule has 1 aliphatic rings. The van der Waals surface area contributed by atoms with Gasteiger partial charge in [0, 0.05) is 36.5 Å². The lowest BCUT2D eigenvalue weighted by Gasteiger charge is -2.23. The number of carbonyl (C=O) groups excluding carboxylic acids is 1. The second-order valence-corrected chi connectivity index (χ2v) is 5.82. The van der Waals surface area contributed by atoms with E-state index in [0.717, 1.165) is 17.7 Å². The zero-order chi connectivity index (χ0) is 16.9. The second kappa shape index (κ2) is 7.45. The van der Waals surface area contributed by atoms with Gasteiger partial charge in [0.2, 0.25) is 5.88 Å². The topological polar surface area (TPSA) is 51.7 Å². The minimum Gasteiger partial charge on any atom is -0.472 e. The summed E-state index contributed by atoms with van der Waals surface area (Å²) in [7, 11) is 0. The van der Waals surface area contributed by atoms with Gasteiger partial charge < -0.3 is 14.4 Å². The number of para-hydroxylation sites is 1. The van der Waals surface area contributed by atoms with Gasteiger partial charge in [-0.1, -0.05) is 18.2 Å². The van der Waals surface area contributed by atoms with Gasteiger partial charge in [-0.15, -0.1) is 0 Å². The maximum Gasteiger partial charge on any atom is 0.258 e. The molecule has 0 unspecified atom stereocenters. The molecule has 0 N–H and O–H groups in total. The summed E-state index contributed by atoms with van der Waals surface area (Å²) in [6, 6.07) is 11.3. The van der Waals surface area contributed by atoms with Crippen LogP contribution in [0.25, 0.3) is 0 Å². The highest BCUT2D eigenvalue weighted by Crippen LogP contribution is 2.23. The van der Waals surface area contributed by atoms with Crippen LogP contribution in [0.2, 0.25) is 0 Å². The molecule has 0 saturated carbocycles.